The van der Waals surface area contributed by atoms with Crippen LogP contribution in [0.15, 0.2) is 48.5 Å². The van der Waals surface area contributed by atoms with Gasteiger partial charge in [-0.15, -0.1) is 0 Å². The highest BCUT2D eigenvalue weighted by Gasteiger charge is 2.25. The Morgan fingerprint density at radius 2 is 1.96 bits per heavy atom. The number of nitrogens with zero attached hydrogens (tertiary/aromatic N) is 3. The average molecular weight is 365 g/mol. The molecule has 5 nitrogen and oxygen atoms in total. The number of hydrogen-bond donors (Lipinski definition) is 1. The van der Waals surface area contributed by atoms with Crippen molar-refractivity contribution in [3.63, 3.8) is 0 Å². The van der Waals surface area contributed by atoms with Gasteiger partial charge >= 0.3 is 0 Å². The average Bonchev–Trinajstić information content (AvgIpc) is 3.05. The summed E-state index contributed by atoms with van der Waals surface area (Å²) in [5, 5.41) is 8.84. The van der Waals surface area contributed by atoms with Crippen LogP contribution in [0.1, 0.15) is 30.1 Å². The van der Waals surface area contributed by atoms with Gasteiger partial charge in [-0.3, -0.25) is 4.90 Å². The molecule has 1 N–H and O–H groups in total. The second kappa shape index (κ2) is 8.11. The fourth-order valence-corrected chi connectivity index (χ4v) is 4.05. The van der Waals surface area contributed by atoms with Crippen LogP contribution >= 0.6 is 0 Å². The van der Waals surface area contributed by atoms with Gasteiger partial charge in [-0.05, 0) is 49.2 Å². The van der Waals surface area contributed by atoms with Crippen molar-refractivity contribution in [2.45, 2.75) is 25.3 Å². The van der Waals surface area contributed by atoms with E-state index in [4.69, 9.17) is 14.8 Å². The normalized spacial score (nSPS) is 18.1. The van der Waals surface area contributed by atoms with E-state index in [1.165, 1.54) is 29.7 Å². The molecule has 0 amide bonds. The lowest BCUT2D eigenvalue weighted by molar-refractivity contribution is 0.194. The minimum atomic E-state index is 0.0408. The zero-order chi connectivity index (χ0) is 18.6. The van der Waals surface area contributed by atoms with E-state index in [0.29, 0.717) is 12.5 Å². The third-order valence-corrected chi connectivity index (χ3v) is 5.38. The number of para-hydroxylation sites is 2. The largest absolute Gasteiger partial charge is 0.491 e. The Kier molecular flexibility index (Phi) is 5.41. The molecule has 1 atom stereocenters. The maximum atomic E-state index is 8.84. The fourth-order valence-electron chi connectivity index (χ4n) is 4.05. The third-order valence-electron chi connectivity index (χ3n) is 5.38. The topological polar surface area (TPSA) is 50.5 Å². The zero-order valence-corrected chi connectivity index (χ0v) is 15.8. The second-order valence-electron chi connectivity index (χ2n) is 7.31. The third kappa shape index (κ3) is 3.99. The number of piperidine rings is 1. The van der Waals surface area contributed by atoms with Crippen LogP contribution in [0.4, 0.5) is 0 Å². The van der Waals surface area contributed by atoms with Crippen LogP contribution in [0, 0.1) is 0 Å². The Labute approximate surface area is 160 Å². The zero-order valence-electron chi connectivity index (χ0n) is 15.8. The molecule has 0 spiro atoms. The molecule has 0 saturated carbocycles. The molecule has 5 heteroatoms. The number of aryl methyl sites for hydroxylation is 1. The fraction of sp³-hybridized carbons (Fsp3) is 0.409. The maximum Gasteiger partial charge on any atom is 0.119 e. The van der Waals surface area contributed by atoms with Gasteiger partial charge in [-0.25, -0.2) is 4.98 Å². The molecule has 1 aliphatic heterocycles. The van der Waals surface area contributed by atoms with Gasteiger partial charge in [0.25, 0.3) is 0 Å². The van der Waals surface area contributed by atoms with Gasteiger partial charge in [0.15, 0.2) is 0 Å². The molecule has 27 heavy (non-hydrogen) atoms. The quantitative estimate of drug-likeness (QED) is 0.728. The lowest BCUT2D eigenvalue weighted by Crippen LogP contribution is -2.34. The molecule has 0 unspecified atom stereocenters. The molecule has 1 aromatic heterocycles. The van der Waals surface area contributed by atoms with Gasteiger partial charge in [0.1, 0.15) is 18.2 Å². The molecule has 2 aromatic carbocycles. The number of hydrogen-bond acceptors (Lipinski definition) is 4. The van der Waals surface area contributed by atoms with Gasteiger partial charge in [0.2, 0.25) is 0 Å². The van der Waals surface area contributed by atoms with Crippen LogP contribution in [0.2, 0.25) is 0 Å². The van der Waals surface area contributed by atoms with Crippen molar-refractivity contribution in [2.75, 3.05) is 26.3 Å². The Hall–Kier alpha value is -2.37. The number of likely N-dealkylation sites (tertiary alicyclic amines) is 1. The van der Waals surface area contributed by atoms with Gasteiger partial charge in [0, 0.05) is 26.1 Å². The van der Waals surface area contributed by atoms with E-state index in [-0.39, 0.29) is 6.61 Å². The Bertz CT molecular complexity index is 888. The molecule has 1 fully saturated rings. The molecule has 2 heterocycles. The highest BCUT2D eigenvalue weighted by atomic mass is 16.5. The van der Waals surface area contributed by atoms with Crippen molar-refractivity contribution in [3.8, 4) is 5.75 Å². The number of aromatic nitrogens is 2. The van der Waals surface area contributed by atoms with Crippen LogP contribution in [0.5, 0.6) is 5.75 Å². The summed E-state index contributed by atoms with van der Waals surface area (Å²) >= 11 is 0. The second-order valence-corrected chi connectivity index (χ2v) is 7.31. The van der Waals surface area contributed by atoms with E-state index in [1.54, 1.807) is 0 Å². The molecular weight excluding hydrogens is 338 g/mol. The van der Waals surface area contributed by atoms with E-state index < -0.39 is 0 Å². The molecule has 142 valence electrons. The molecule has 4 rings (SSSR count). The number of aliphatic hydroxyl groups is 1. The van der Waals surface area contributed by atoms with Crippen molar-refractivity contribution in [2.24, 2.45) is 7.05 Å². The summed E-state index contributed by atoms with van der Waals surface area (Å²) in [7, 11) is 2.13. The summed E-state index contributed by atoms with van der Waals surface area (Å²) in [4.78, 5) is 7.44. The number of imidazole rings is 1. The van der Waals surface area contributed by atoms with E-state index in [2.05, 4.69) is 52.9 Å². The van der Waals surface area contributed by atoms with Crippen molar-refractivity contribution >= 4 is 11.0 Å². The Morgan fingerprint density at radius 1 is 1.15 bits per heavy atom. The van der Waals surface area contributed by atoms with E-state index in [0.717, 1.165) is 30.9 Å². The molecule has 0 bridgehead atoms. The molecule has 0 radical (unpaired) electrons. The summed E-state index contributed by atoms with van der Waals surface area (Å²) < 4.78 is 7.70. The van der Waals surface area contributed by atoms with E-state index >= 15 is 0 Å². The van der Waals surface area contributed by atoms with Gasteiger partial charge < -0.3 is 14.4 Å². The Balaban J connectivity index is 1.44. The summed E-state index contributed by atoms with van der Waals surface area (Å²) in [6.45, 7) is 3.49. The molecular formula is C22H27N3O2. The van der Waals surface area contributed by atoms with Crippen molar-refractivity contribution < 1.29 is 9.84 Å². The highest BCUT2D eigenvalue weighted by molar-refractivity contribution is 5.75. The molecule has 0 aliphatic carbocycles. The minimum Gasteiger partial charge on any atom is -0.491 e. The van der Waals surface area contributed by atoms with E-state index in [9.17, 15) is 0 Å². The molecule has 1 saturated heterocycles. The van der Waals surface area contributed by atoms with Gasteiger partial charge in [-0.2, -0.15) is 0 Å². The minimum absolute atomic E-state index is 0.0408. The standard InChI is InChI=1S/C22H27N3O2/c1-24-21-7-3-2-6-20(21)23-22(24)18-5-4-12-25(16-18)15-17-8-10-19(11-9-17)27-14-13-26/h2-3,6-11,18,26H,4-5,12-16H2,1H3/t18-/m0/s1. The van der Waals surface area contributed by atoms with Crippen molar-refractivity contribution in [1.29, 1.82) is 0 Å². The summed E-state index contributed by atoms with van der Waals surface area (Å²) in [5.74, 6) is 2.49. The van der Waals surface area contributed by atoms with Crippen LogP contribution in [-0.4, -0.2) is 45.9 Å². The first-order valence-electron chi connectivity index (χ1n) is 9.71. The SMILES string of the molecule is Cn1c([C@H]2CCCN(Cc3ccc(OCCO)cc3)C2)nc2ccccc21. The number of benzene rings is 2. The summed E-state index contributed by atoms with van der Waals surface area (Å²) in [6.07, 6.45) is 2.40. The Morgan fingerprint density at radius 3 is 2.74 bits per heavy atom. The first kappa shape index (κ1) is 18.0. The first-order valence-corrected chi connectivity index (χ1v) is 9.71. The monoisotopic (exact) mass is 365 g/mol. The smallest absolute Gasteiger partial charge is 0.119 e. The lowest BCUT2D eigenvalue weighted by atomic mass is 9.96. The van der Waals surface area contributed by atoms with E-state index in [1.807, 2.05) is 12.1 Å². The van der Waals surface area contributed by atoms with Crippen molar-refractivity contribution in [3.05, 3.63) is 59.9 Å². The van der Waals surface area contributed by atoms with Gasteiger partial charge in [-0.1, -0.05) is 24.3 Å². The van der Waals surface area contributed by atoms with Crippen LogP contribution < -0.4 is 4.74 Å². The molecule has 1 aliphatic rings. The van der Waals surface area contributed by atoms with Crippen LogP contribution in [-0.2, 0) is 13.6 Å². The number of fused-ring (bicyclic) bond motifs is 1. The first-order chi connectivity index (χ1) is 13.2. The number of rotatable bonds is 6. The highest BCUT2D eigenvalue weighted by Crippen LogP contribution is 2.29. The number of aliphatic hydroxyl groups excluding tert-OH is 1. The van der Waals surface area contributed by atoms with Crippen LogP contribution in [0.25, 0.3) is 11.0 Å². The summed E-state index contributed by atoms with van der Waals surface area (Å²) in [6, 6.07) is 16.6. The van der Waals surface area contributed by atoms with Crippen molar-refractivity contribution in [1.82, 2.24) is 14.5 Å². The predicted octanol–water partition coefficient (Wildman–Crippen LogP) is 3.32. The van der Waals surface area contributed by atoms with Gasteiger partial charge in [0.05, 0.1) is 17.6 Å². The number of ether oxygens (including phenoxy) is 1. The van der Waals surface area contributed by atoms with Crippen LogP contribution in [0.3, 0.4) is 0 Å². The summed E-state index contributed by atoms with van der Waals surface area (Å²) in [5.41, 5.74) is 3.59. The molecule has 3 aromatic rings. The lowest BCUT2D eigenvalue weighted by Gasteiger charge is -2.32. The maximum absolute atomic E-state index is 8.84. The predicted molar refractivity (Wildman–Crippen MR) is 107 cm³/mol.